The molecule has 0 saturated heterocycles. The lowest BCUT2D eigenvalue weighted by atomic mass is 9.97. The zero-order valence-corrected chi connectivity index (χ0v) is 10.1. The predicted molar refractivity (Wildman–Crippen MR) is 79.5 cm³/mol. The Kier molecular flexibility index (Phi) is 2.70. The molecule has 0 aliphatic carbocycles. The van der Waals surface area contributed by atoms with E-state index in [9.17, 15) is 0 Å². The molecule has 3 aromatic rings. The highest BCUT2D eigenvalue weighted by Crippen LogP contribution is 2.29. The van der Waals surface area contributed by atoms with E-state index in [4.69, 9.17) is 0 Å². The van der Waals surface area contributed by atoms with Crippen molar-refractivity contribution in [2.75, 3.05) is 0 Å². The second kappa shape index (κ2) is 4.50. The standard InChI is InChI=1S/C18H14/c1-2-14-7-5-10-16(13-14)18-12-6-9-15-8-3-4-11-17(15)18/h2-13H,1H2. The molecule has 3 aromatic carbocycles. The molecule has 0 atom stereocenters. The van der Waals surface area contributed by atoms with Crippen LogP contribution in [0.4, 0.5) is 0 Å². The summed E-state index contributed by atoms with van der Waals surface area (Å²) in [6, 6.07) is 23.4. The van der Waals surface area contributed by atoms with Gasteiger partial charge in [0.15, 0.2) is 0 Å². The average molecular weight is 230 g/mol. The molecule has 86 valence electrons. The maximum Gasteiger partial charge on any atom is -0.0105 e. The van der Waals surface area contributed by atoms with Crippen LogP contribution in [0.25, 0.3) is 28.0 Å². The topological polar surface area (TPSA) is 0 Å². The molecule has 0 heteroatoms. The molecule has 0 N–H and O–H groups in total. The van der Waals surface area contributed by atoms with Gasteiger partial charge >= 0.3 is 0 Å². The van der Waals surface area contributed by atoms with Gasteiger partial charge < -0.3 is 0 Å². The lowest BCUT2D eigenvalue weighted by molar-refractivity contribution is 1.62. The van der Waals surface area contributed by atoms with Gasteiger partial charge in [-0.05, 0) is 33.5 Å². The SMILES string of the molecule is C=Cc1cccc(-c2cccc3ccccc23)c1. The summed E-state index contributed by atoms with van der Waals surface area (Å²) in [6.45, 7) is 3.83. The monoisotopic (exact) mass is 230 g/mol. The van der Waals surface area contributed by atoms with Gasteiger partial charge in [-0.2, -0.15) is 0 Å². The number of benzene rings is 3. The lowest BCUT2D eigenvalue weighted by Crippen LogP contribution is -1.82. The highest BCUT2D eigenvalue weighted by Gasteiger charge is 2.02. The van der Waals surface area contributed by atoms with Crippen LogP contribution in [0.15, 0.2) is 73.3 Å². The van der Waals surface area contributed by atoms with Crippen LogP contribution in [-0.4, -0.2) is 0 Å². The first kappa shape index (κ1) is 10.8. The fourth-order valence-corrected chi connectivity index (χ4v) is 2.31. The van der Waals surface area contributed by atoms with Crippen LogP contribution in [0, 0.1) is 0 Å². The maximum absolute atomic E-state index is 3.83. The van der Waals surface area contributed by atoms with Gasteiger partial charge in [0, 0.05) is 0 Å². The summed E-state index contributed by atoms with van der Waals surface area (Å²) in [5.74, 6) is 0. The average Bonchev–Trinajstić information content (AvgIpc) is 2.47. The predicted octanol–water partition coefficient (Wildman–Crippen LogP) is 5.15. The van der Waals surface area contributed by atoms with Gasteiger partial charge in [0.1, 0.15) is 0 Å². The fourth-order valence-electron chi connectivity index (χ4n) is 2.31. The van der Waals surface area contributed by atoms with Crippen molar-refractivity contribution in [2.24, 2.45) is 0 Å². The molecule has 0 unspecified atom stereocenters. The van der Waals surface area contributed by atoms with Crippen molar-refractivity contribution in [1.29, 1.82) is 0 Å². The van der Waals surface area contributed by atoms with Gasteiger partial charge in [0.05, 0.1) is 0 Å². The van der Waals surface area contributed by atoms with Crippen LogP contribution in [0.5, 0.6) is 0 Å². The molecule has 0 saturated carbocycles. The summed E-state index contributed by atoms with van der Waals surface area (Å²) in [5, 5.41) is 2.57. The van der Waals surface area contributed by atoms with E-state index in [1.165, 1.54) is 21.9 Å². The number of hydrogen-bond donors (Lipinski definition) is 0. The van der Waals surface area contributed by atoms with Crippen molar-refractivity contribution in [3.63, 3.8) is 0 Å². The van der Waals surface area contributed by atoms with Crippen molar-refractivity contribution in [2.45, 2.75) is 0 Å². The van der Waals surface area contributed by atoms with Crippen LogP contribution in [0.1, 0.15) is 5.56 Å². The molecule has 0 fully saturated rings. The van der Waals surface area contributed by atoms with Gasteiger partial charge in [-0.25, -0.2) is 0 Å². The van der Waals surface area contributed by atoms with Crippen LogP contribution < -0.4 is 0 Å². The lowest BCUT2D eigenvalue weighted by Gasteiger charge is -2.07. The Bertz CT molecular complexity index is 703. The summed E-state index contributed by atoms with van der Waals surface area (Å²) in [4.78, 5) is 0. The quantitative estimate of drug-likeness (QED) is 0.571. The van der Waals surface area contributed by atoms with Crippen molar-refractivity contribution < 1.29 is 0 Å². The summed E-state index contributed by atoms with van der Waals surface area (Å²) in [7, 11) is 0. The first-order chi connectivity index (χ1) is 8.88. The molecule has 0 bridgehead atoms. The number of rotatable bonds is 2. The van der Waals surface area contributed by atoms with E-state index < -0.39 is 0 Å². The Labute approximate surface area is 107 Å². The normalized spacial score (nSPS) is 10.4. The first-order valence-electron chi connectivity index (χ1n) is 6.09. The minimum Gasteiger partial charge on any atom is -0.0985 e. The molecule has 0 nitrogen and oxygen atoms in total. The van der Waals surface area contributed by atoms with E-state index in [0.29, 0.717) is 0 Å². The molecule has 0 aliphatic rings. The van der Waals surface area contributed by atoms with Gasteiger partial charge in [0.25, 0.3) is 0 Å². The van der Waals surface area contributed by atoms with Crippen molar-refractivity contribution in [3.05, 3.63) is 78.9 Å². The maximum atomic E-state index is 3.83. The molecule has 0 spiro atoms. The van der Waals surface area contributed by atoms with Gasteiger partial charge in [-0.1, -0.05) is 73.3 Å². The second-order valence-electron chi connectivity index (χ2n) is 4.36. The zero-order chi connectivity index (χ0) is 12.4. The van der Waals surface area contributed by atoms with Crippen molar-refractivity contribution >= 4 is 16.8 Å². The van der Waals surface area contributed by atoms with Crippen molar-refractivity contribution in [3.8, 4) is 11.1 Å². The van der Waals surface area contributed by atoms with E-state index in [1.807, 2.05) is 6.08 Å². The summed E-state index contributed by atoms with van der Waals surface area (Å²) < 4.78 is 0. The van der Waals surface area contributed by atoms with Crippen LogP contribution in [0.2, 0.25) is 0 Å². The molecule has 0 amide bonds. The third-order valence-electron chi connectivity index (χ3n) is 3.22. The number of fused-ring (bicyclic) bond motifs is 1. The molecule has 0 heterocycles. The van der Waals surface area contributed by atoms with E-state index in [-0.39, 0.29) is 0 Å². The Hall–Kier alpha value is -2.34. The Balaban J connectivity index is 2.27. The van der Waals surface area contributed by atoms with E-state index in [1.54, 1.807) is 0 Å². The molecule has 0 aromatic heterocycles. The molecular weight excluding hydrogens is 216 g/mol. The minimum absolute atomic E-state index is 1.15. The van der Waals surface area contributed by atoms with Crippen LogP contribution in [0.3, 0.4) is 0 Å². The smallest absolute Gasteiger partial charge is 0.0105 e. The third kappa shape index (κ3) is 1.82. The van der Waals surface area contributed by atoms with Gasteiger partial charge in [-0.3, -0.25) is 0 Å². The van der Waals surface area contributed by atoms with Crippen LogP contribution >= 0.6 is 0 Å². The largest absolute Gasteiger partial charge is 0.0985 e. The second-order valence-corrected chi connectivity index (χ2v) is 4.36. The molecule has 0 radical (unpaired) electrons. The van der Waals surface area contributed by atoms with E-state index in [2.05, 4.69) is 73.3 Å². The van der Waals surface area contributed by atoms with E-state index in [0.717, 1.165) is 5.56 Å². The third-order valence-corrected chi connectivity index (χ3v) is 3.22. The summed E-state index contributed by atoms with van der Waals surface area (Å²) in [6.07, 6.45) is 1.88. The summed E-state index contributed by atoms with van der Waals surface area (Å²) in [5.41, 5.74) is 3.67. The number of hydrogen-bond acceptors (Lipinski definition) is 0. The van der Waals surface area contributed by atoms with Crippen molar-refractivity contribution in [1.82, 2.24) is 0 Å². The Morgan fingerprint density at radius 2 is 1.56 bits per heavy atom. The molecule has 3 rings (SSSR count). The van der Waals surface area contributed by atoms with Gasteiger partial charge in [-0.15, -0.1) is 0 Å². The van der Waals surface area contributed by atoms with E-state index >= 15 is 0 Å². The minimum atomic E-state index is 1.15. The first-order valence-corrected chi connectivity index (χ1v) is 6.09. The molecule has 18 heavy (non-hydrogen) atoms. The zero-order valence-electron chi connectivity index (χ0n) is 10.1. The Morgan fingerprint density at radius 1 is 0.778 bits per heavy atom. The summed E-state index contributed by atoms with van der Waals surface area (Å²) >= 11 is 0. The molecule has 0 aliphatic heterocycles. The Morgan fingerprint density at radius 3 is 2.44 bits per heavy atom. The highest BCUT2D eigenvalue weighted by atomic mass is 14.1. The highest BCUT2D eigenvalue weighted by molar-refractivity contribution is 5.96. The van der Waals surface area contributed by atoms with Crippen LogP contribution in [-0.2, 0) is 0 Å². The molecular formula is C18H14. The fraction of sp³-hybridized carbons (Fsp3) is 0. The van der Waals surface area contributed by atoms with Gasteiger partial charge in [0.2, 0.25) is 0 Å².